The van der Waals surface area contributed by atoms with Crippen LogP contribution in [0, 0.1) is 21.8 Å². The number of nitro benzene ring substituents is 1. The van der Waals surface area contributed by atoms with Crippen molar-refractivity contribution in [1.82, 2.24) is 4.31 Å². The molecule has 0 atom stereocenters. The average molecular weight is 487 g/mol. The molecule has 2 aromatic carbocycles. The molecule has 0 spiro atoms. The number of para-hydroxylation sites is 1. The van der Waals surface area contributed by atoms with Crippen LogP contribution in [-0.2, 0) is 19.6 Å². The monoisotopic (exact) mass is 486 g/mol. The van der Waals surface area contributed by atoms with Gasteiger partial charge in [0.2, 0.25) is 10.0 Å². The Morgan fingerprint density at radius 3 is 2.53 bits per heavy atom. The summed E-state index contributed by atoms with van der Waals surface area (Å²) in [5, 5.41) is 10.8. The van der Waals surface area contributed by atoms with E-state index < -0.39 is 32.7 Å². The maximum absolute atomic E-state index is 13.5. The lowest BCUT2D eigenvalue weighted by molar-refractivity contribution is -0.385. The lowest BCUT2D eigenvalue weighted by atomic mass is 9.98. The highest BCUT2D eigenvalue weighted by Gasteiger charge is 2.34. The topological polar surface area (TPSA) is 116 Å². The Labute approximate surface area is 188 Å². The second-order valence-electron chi connectivity index (χ2n) is 7.00. The number of nitrogens with zero attached hydrogens (tertiary/aromatic N) is 2. The van der Waals surface area contributed by atoms with Crippen LogP contribution in [0.25, 0.3) is 0 Å². The van der Waals surface area contributed by atoms with Gasteiger partial charge < -0.3 is 9.47 Å². The largest absolute Gasteiger partial charge is 0.487 e. The van der Waals surface area contributed by atoms with E-state index in [0.29, 0.717) is 0 Å². The van der Waals surface area contributed by atoms with Gasteiger partial charge in [0.25, 0.3) is 5.69 Å². The molecule has 0 bridgehead atoms. The molecule has 3 rings (SSSR count). The summed E-state index contributed by atoms with van der Waals surface area (Å²) in [5.74, 6) is -1.46. The molecule has 0 aliphatic carbocycles. The Bertz CT molecular complexity index is 1100. The van der Waals surface area contributed by atoms with E-state index in [9.17, 15) is 27.7 Å². The van der Waals surface area contributed by atoms with Crippen LogP contribution in [0.3, 0.4) is 0 Å². The number of non-ortho nitro benzene ring substituents is 1. The summed E-state index contributed by atoms with van der Waals surface area (Å²) in [6.45, 7) is -0.0279. The van der Waals surface area contributed by atoms with Gasteiger partial charge in [-0.15, -0.1) is 0 Å². The van der Waals surface area contributed by atoms with Gasteiger partial charge in [-0.1, -0.05) is 23.7 Å². The molecule has 0 amide bonds. The van der Waals surface area contributed by atoms with Crippen LogP contribution < -0.4 is 4.74 Å². The molecule has 1 aliphatic rings. The molecule has 1 heterocycles. The summed E-state index contributed by atoms with van der Waals surface area (Å²) < 4.78 is 50.8. The molecule has 0 saturated carbocycles. The molecule has 9 nitrogen and oxygen atoms in total. The van der Waals surface area contributed by atoms with E-state index in [4.69, 9.17) is 21.1 Å². The van der Waals surface area contributed by atoms with Crippen molar-refractivity contribution < 1.29 is 32.0 Å². The number of carbonyl (C=O) groups excluding carboxylic acids is 1. The molecule has 2 aromatic rings. The highest BCUT2D eigenvalue weighted by molar-refractivity contribution is 7.89. The Balaban J connectivity index is 1.52. The number of rotatable bonds is 8. The van der Waals surface area contributed by atoms with Crippen LogP contribution in [0.4, 0.5) is 10.1 Å². The number of sulfonamides is 1. The number of benzene rings is 2. The summed E-state index contributed by atoms with van der Waals surface area (Å²) in [5.41, 5.74) is -0.385. The maximum atomic E-state index is 13.5. The van der Waals surface area contributed by atoms with E-state index in [1.54, 1.807) is 6.07 Å². The van der Waals surface area contributed by atoms with E-state index in [0.717, 1.165) is 16.4 Å². The quantitative estimate of drug-likeness (QED) is 0.243. The number of halogens is 2. The molecule has 0 unspecified atom stereocenters. The van der Waals surface area contributed by atoms with E-state index in [2.05, 4.69) is 0 Å². The SMILES string of the molecule is O=C(OCCOc1ccccc1F)C1CCN(S(=O)(=O)c2cc([N+](=O)[O-])ccc2Cl)CC1. The van der Waals surface area contributed by atoms with E-state index in [-0.39, 0.29) is 60.5 Å². The van der Waals surface area contributed by atoms with Crippen LogP contribution in [-0.4, -0.2) is 49.9 Å². The summed E-state index contributed by atoms with van der Waals surface area (Å²) in [6.07, 6.45) is 0.442. The Kier molecular flexibility index (Phi) is 7.64. The highest BCUT2D eigenvalue weighted by Crippen LogP contribution is 2.31. The number of carbonyl (C=O) groups is 1. The van der Waals surface area contributed by atoms with Gasteiger partial charge in [-0.25, -0.2) is 12.8 Å². The number of hydrogen-bond donors (Lipinski definition) is 0. The maximum Gasteiger partial charge on any atom is 0.309 e. The predicted molar refractivity (Wildman–Crippen MR) is 112 cm³/mol. The Hall–Kier alpha value is -2.76. The molecular formula is C20H20ClFN2O7S. The standard InChI is InChI=1S/C20H20ClFN2O7S/c21-16-6-5-15(24(26)27)13-19(16)32(28,29)23-9-7-14(8-10-23)20(25)31-12-11-30-18-4-2-1-3-17(18)22/h1-6,13-14H,7-12H2. The van der Waals surface area contributed by atoms with Gasteiger partial charge in [-0.2, -0.15) is 4.31 Å². The molecule has 1 aliphatic heterocycles. The molecule has 172 valence electrons. The van der Waals surface area contributed by atoms with Crippen LogP contribution >= 0.6 is 11.6 Å². The molecule has 12 heteroatoms. The fourth-order valence-corrected chi connectivity index (χ4v) is 5.21. The molecule has 1 fully saturated rings. The molecule has 0 aromatic heterocycles. The van der Waals surface area contributed by atoms with E-state index in [1.165, 1.54) is 24.3 Å². The molecular weight excluding hydrogens is 467 g/mol. The van der Waals surface area contributed by atoms with Crippen LogP contribution in [0.15, 0.2) is 47.4 Å². The number of nitro groups is 1. The lowest BCUT2D eigenvalue weighted by Crippen LogP contribution is -2.40. The summed E-state index contributed by atoms with van der Waals surface area (Å²) >= 11 is 5.97. The van der Waals surface area contributed by atoms with Crippen molar-refractivity contribution in [3.05, 3.63) is 63.4 Å². The van der Waals surface area contributed by atoms with Gasteiger partial charge in [0, 0.05) is 25.2 Å². The third-order valence-electron chi connectivity index (χ3n) is 4.95. The predicted octanol–water partition coefficient (Wildman–Crippen LogP) is 3.41. The van der Waals surface area contributed by atoms with Crippen LogP contribution in [0.5, 0.6) is 5.75 Å². The Morgan fingerprint density at radius 1 is 1.19 bits per heavy atom. The smallest absolute Gasteiger partial charge is 0.309 e. The first-order valence-corrected chi connectivity index (χ1v) is 11.5. The summed E-state index contributed by atoms with van der Waals surface area (Å²) in [6, 6.07) is 9.08. The zero-order chi connectivity index (χ0) is 23.3. The molecule has 1 saturated heterocycles. The summed E-state index contributed by atoms with van der Waals surface area (Å²) in [7, 11) is -4.06. The first-order chi connectivity index (χ1) is 15.2. The fraction of sp³-hybridized carbons (Fsp3) is 0.350. The number of ether oxygens (including phenoxy) is 2. The van der Waals surface area contributed by atoms with Crippen LogP contribution in [0.2, 0.25) is 5.02 Å². The zero-order valence-electron chi connectivity index (χ0n) is 16.8. The number of hydrogen-bond acceptors (Lipinski definition) is 7. The van der Waals surface area contributed by atoms with Gasteiger partial charge >= 0.3 is 5.97 Å². The van der Waals surface area contributed by atoms with E-state index >= 15 is 0 Å². The second-order valence-corrected chi connectivity index (χ2v) is 9.31. The normalized spacial score (nSPS) is 15.3. The van der Waals surface area contributed by atoms with Crippen molar-refractivity contribution in [2.75, 3.05) is 26.3 Å². The third kappa shape index (κ3) is 5.53. The first-order valence-electron chi connectivity index (χ1n) is 9.68. The average Bonchev–Trinajstić information content (AvgIpc) is 2.77. The minimum atomic E-state index is -4.06. The minimum absolute atomic E-state index is 0.0226. The van der Waals surface area contributed by atoms with Gasteiger partial charge in [-0.3, -0.25) is 14.9 Å². The van der Waals surface area contributed by atoms with Crippen molar-refractivity contribution in [3.63, 3.8) is 0 Å². The number of piperidine rings is 1. The van der Waals surface area contributed by atoms with Gasteiger partial charge in [0.05, 0.1) is 15.9 Å². The van der Waals surface area contributed by atoms with Crippen molar-refractivity contribution in [2.24, 2.45) is 5.92 Å². The molecule has 32 heavy (non-hydrogen) atoms. The van der Waals surface area contributed by atoms with Crippen LogP contribution in [0.1, 0.15) is 12.8 Å². The minimum Gasteiger partial charge on any atom is -0.487 e. The Morgan fingerprint density at radius 2 is 1.88 bits per heavy atom. The zero-order valence-corrected chi connectivity index (χ0v) is 18.4. The van der Waals surface area contributed by atoms with Gasteiger partial charge in [0.15, 0.2) is 11.6 Å². The first kappa shape index (κ1) is 23.9. The van der Waals surface area contributed by atoms with Crippen molar-refractivity contribution >= 4 is 33.3 Å². The van der Waals surface area contributed by atoms with Gasteiger partial charge in [-0.05, 0) is 31.0 Å². The lowest BCUT2D eigenvalue weighted by Gasteiger charge is -2.30. The van der Waals surface area contributed by atoms with Gasteiger partial charge in [0.1, 0.15) is 18.1 Å². The van der Waals surface area contributed by atoms with Crippen molar-refractivity contribution in [1.29, 1.82) is 0 Å². The fourth-order valence-electron chi connectivity index (χ4n) is 3.25. The number of esters is 1. The summed E-state index contributed by atoms with van der Waals surface area (Å²) in [4.78, 5) is 22.2. The van der Waals surface area contributed by atoms with E-state index in [1.807, 2.05) is 0 Å². The highest BCUT2D eigenvalue weighted by atomic mass is 35.5. The van der Waals surface area contributed by atoms with Crippen molar-refractivity contribution in [2.45, 2.75) is 17.7 Å². The third-order valence-corrected chi connectivity index (χ3v) is 7.33. The molecule has 0 radical (unpaired) electrons. The molecule has 0 N–H and O–H groups in total. The second kappa shape index (κ2) is 10.2. The van der Waals surface area contributed by atoms with Crippen molar-refractivity contribution in [3.8, 4) is 5.75 Å².